The number of hydrogen-bond acceptors (Lipinski definition) is 4. The number of hydrogen-bond donors (Lipinski definition) is 0. The van der Waals surface area contributed by atoms with E-state index in [0.29, 0.717) is 6.04 Å². The molecule has 1 aromatic rings. The minimum absolute atomic E-state index is 0.454. The van der Waals surface area contributed by atoms with E-state index in [-0.39, 0.29) is 0 Å². The summed E-state index contributed by atoms with van der Waals surface area (Å²) in [6.07, 6.45) is 5.55. The Bertz CT molecular complexity index is 447. The molecule has 0 saturated carbocycles. The number of aromatic nitrogens is 2. The topological polar surface area (TPSA) is 27.5 Å². The van der Waals surface area contributed by atoms with Crippen LogP contribution in [0.25, 0.3) is 0 Å². The summed E-state index contributed by atoms with van der Waals surface area (Å²) in [6.45, 7) is 12.8. The second kappa shape index (κ2) is 6.46. The third kappa shape index (κ3) is 3.65. The van der Waals surface area contributed by atoms with E-state index >= 15 is 0 Å². The van der Waals surface area contributed by atoms with Crippen molar-refractivity contribution < 1.29 is 0 Å². The highest BCUT2D eigenvalue weighted by Gasteiger charge is 2.29. The number of nitrogens with zero attached hydrogens (tertiary/aromatic N) is 5. The summed E-state index contributed by atoms with van der Waals surface area (Å²) < 4.78 is 2.06. The van der Waals surface area contributed by atoms with E-state index in [2.05, 4.69) is 51.6 Å². The van der Waals surface area contributed by atoms with Crippen molar-refractivity contribution in [1.82, 2.24) is 24.5 Å². The van der Waals surface area contributed by atoms with Crippen LogP contribution in [0.15, 0.2) is 12.4 Å². The van der Waals surface area contributed by atoms with Crippen molar-refractivity contribution in [3.05, 3.63) is 18.0 Å². The van der Waals surface area contributed by atoms with Gasteiger partial charge < -0.3 is 4.90 Å². The van der Waals surface area contributed by atoms with Crippen LogP contribution in [0.3, 0.4) is 0 Å². The summed E-state index contributed by atoms with van der Waals surface area (Å²) in [7, 11) is 2.23. The van der Waals surface area contributed by atoms with Crippen LogP contribution in [-0.4, -0.2) is 76.8 Å². The predicted octanol–water partition coefficient (Wildman–Crippen LogP) is 1.29. The molecule has 2 saturated heterocycles. The number of likely N-dealkylation sites (tertiary alicyclic amines) is 1. The van der Waals surface area contributed by atoms with Crippen molar-refractivity contribution >= 4 is 0 Å². The molecule has 0 aromatic carbocycles. The van der Waals surface area contributed by atoms with E-state index in [0.717, 1.165) is 12.6 Å². The molecule has 0 amide bonds. The Morgan fingerprint density at radius 1 is 1.19 bits per heavy atom. The molecule has 0 aliphatic carbocycles. The lowest BCUT2D eigenvalue weighted by molar-refractivity contribution is 0.112. The van der Waals surface area contributed by atoms with Crippen molar-refractivity contribution in [2.24, 2.45) is 0 Å². The minimum Gasteiger partial charge on any atom is -0.304 e. The zero-order valence-corrected chi connectivity index (χ0v) is 13.7. The first-order valence-corrected chi connectivity index (χ1v) is 8.30. The molecule has 1 aromatic heterocycles. The maximum Gasteiger partial charge on any atom is 0.0534 e. The molecule has 21 heavy (non-hydrogen) atoms. The van der Waals surface area contributed by atoms with Gasteiger partial charge >= 0.3 is 0 Å². The maximum absolute atomic E-state index is 4.45. The molecule has 3 rings (SSSR count). The maximum atomic E-state index is 4.45. The van der Waals surface area contributed by atoms with Gasteiger partial charge in [0.2, 0.25) is 0 Å². The van der Waals surface area contributed by atoms with E-state index in [1.54, 1.807) is 0 Å². The molecule has 118 valence electrons. The summed E-state index contributed by atoms with van der Waals surface area (Å²) >= 11 is 0. The standard InChI is InChI=1S/C16H29N5/c1-14(2)21-12-15(10-17-21)11-19-5-4-16(13-19)20-8-6-18(3)7-9-20/h10,12,14,16H,4-9,11,13H2,1-3H3. The molecule has 0 radical (unpaired) electrons. The zero-order chi connectivity index (χ0) is 14.8. The summed E-state index contributed by atoms with van der Waals surface area (Å²) in [4.78, 5) is 7.71. The summed E-state index contributed by atoms with van der Waals surface area (Å²) in [6, 6.07) is 1.22. The van der Waals surface area contributed by atoms with Crippen LogP contribution in [0.2, 0.25) is 0 Å². The molecule has 5 heteroatoms. The highest BCUT2D eigenvalue weighted by atomic mass is 15.3. The third-order valence-corrected chi connectivity index (χ3v) is 4.89. The fourth-order valence-corrected chi connectivity index (χ4v) is 3.44. The van der Waals surface area contributed by atoms with Gasteiger partial charge in [0.05, 0.1) is 6.20 Å². The quantitative estimate of drug-likeness (QED) is 0.835. The number of piperazine rings is 1. The van der Waals surface area contributed by atoms with Gasteiger partial charge in [-0.05, 0) is 27.3 Å². The fraction of sp³-hybridized carbons (Fsp3) is 0.812. The predicted molar refractivity (Wildman–Crippen MR) is 85.4 cm³/mol. The van der Waals surface area contributed by atoms with Gasteiger partial charge in [-0.2, -0.15) is 5.10 Å². The van der Waals surface area contributed by atoms with Gasteiger partial charge in [0.25, 0.3) is 0 Å². The van der Waals surface area contributed by atoms with Crippen molar-refractivity contribution in [3.63, 3.8) is 0 Å². The summed E-state index contributed by atoms with van der Waals surface area (Å²) in [5, 5.41) is 4.45. The number of likely N-dealkylation sites (N-methyl/N-ethyl adjacent to an activating group) is 1. The van der Waals surface area contributed by atoms with Crippen molar-refractivity contribution in [2.75, 3.05) is 46.3 Å². The summed E-state index contributed by atoms with van der Waals surface area (Å²) in [5.41, 5.74) is 1.35. The molecule has 2 aliphatic rings. The Labute approximate surface area is 128 Å². The lowest BCUT2D eigenvalue weighted by Crippen LogP contribution is -2.49. The Morgan fingerprint density at radius 2 is 1.95 bits per heavy atom. The first kappa shape index (κ1) is 15.0. The molecule has 3 heterocycles. The fourth-order valence-electron chi connectivity index (χ4n) is 3.44. The lowest BCUT2D eigenvalue weighted by atomic mass is 10.2. The second-order valence-corrected chi connectivity index (χ2v) is 6.94. The lowest BCUT2D eigenvalue weighted by Gasteiger charge is -2.36. The van der Waals surface area contributed by atoms with Crippen LogP contribution >= 0.6 is 0 Å². The average molecular weight is 291 g/mol. The van der Waals surface area contributed by atoms with Gasteiger partial charge in [-0.15, -0.1) is 0 Å². The van der Waals surface area contributed by atoms with Gasteiger partial charge in [-0.25, -0.2) is 0 Å². The van der Waals surface area contributed by atoms with Gasteiger partial charge in [0, 0.05) is 69.7 Å². The molecule has 0 N–H and O–H groups in total. The van der Waals surface area contributed by atoms with Crippen LogP contribution in [0.1, 0.15) is 31.9 Å². The van der Waals surface area contributed by atoms with Crippen LogP contribution in [0.4, 0.5) is 0 Å². The third-order valence-electron chi connectivity index (χ3n) is 4.89. The molecular weight excluding hydrogens is 262 g/mol. The molecular formula is C16H29N5. The van der Waals surface area contributed by atoms with Crippen LogP contribution < -0.4 is 0 Å². The van der Waals surface area contributed by atoms with Gasteiger partial charge in [0.1, 0.15) is 0 Å². The molecule has 1 atom stereocenters. The van der Waals surface area contributed by atoms with E-state index in [1.165, 1.54) is 51.3 Å². The van der Waals surface area contributed by atoms with Crippen molar-refractivity contribution in [1.29, 1.82) is 0 Å². The Balaban J connectivity index is 1.50. The van der Waals surface area contributed by atoms with E-state index < -0.39 is 0 Å². The van der Waals surface area contributed by atoms with Crippen LogP contribution in [0.5, 0.6) is 0 Å². The molecule has 0 spiro atoms. The normalized spacial score (nSPS) is 26.0. The SMILES string of the molecule is CC(C)n1cc(CN2CCC(N3CCN(C)CC3)C2)cn1. The Kier molecular flexibility index (Phi) is 4.62. The zero-order valence-electron chi connectivity index (χ0n) is 13.7. The van der Waals surface area contributed by atoms with Gasteiger partial charge in [0.15, 0.2) is 0 Å². The first-order valence-electron chi connectivity index (χ1n) is 8.30. The molecule has 1 unspecified atom stereocenters. The highest BCUT2D eigenvalue weighted by Crippen LogP contribution is 2.19. The highest BCUT2D eigenvalue weighted by molar-refractivity contribution is 5.05. The Morgan fingerprint density at radius 3 is 2.62 bits per heavy atom. The first-order chi connectivity index (χ1) is 10.1. The van der Waals surface area contributed by atoms with Gasteiger partial charge in [-0.1, -0.05) is 0 Å². The van der Waals surface area contributed by atoms with Crippen molar-refractivity contribution in [3.8, 4) is 0 Å². The van der Waals surface area contributed by atoms with Crippen molar-refractivity contribution in [2.45, 2.75) is 38.9 Å². The van der Waals surface area contributed by atoms with E-state index in [1.807, 2.05) is 6.20 Å². The largest absolute Gasteiger partial charge is 0.304 e. The minimum atomic E-state index is 0.454. The Hall–Kier alpha value is -0.910. The average Bonchev–Trinajstić information content (AvgIpc) is 3.10. The van der Waals surface area contributed by atoms with Gasteiger partial charge in [-0.3, -0.25) is 14.5 Å². The number of rotatable bonds is 4. The van der Waals surface area contributed by atoms with Crippen LogP contribution in [-0.2, 0) is 6.54 Å². The van der Waals surface area contributed by atoms with E-state index in [4.69, 9.17) is 0 Å². The molecule has 0 bridgehead atoms. The molecule has 2 aliphatic heterocycles. The summed E-state index contributed by atoms with van der Waals surface area (Å²) in [5.74, 6) is 0. The molecule has 5 nitrogen and oxygen atoms in total. The van der Waals surface area contributed by atoms with E-state index in [9.17, 15) is 0 Å². The smallest absolute Gasteiger partial charge is 0.0534 e. The second-order valence-electron chi connectivity index (χ2n) is 6.94. The molecule has 2 fully saturated rings. The monoisotopic (exact) mass is 291 g/mol. The van der Waals surface area contributed by atoms with Crippen LogP contribution in [0, 0.1) is 0 Å².